The van der Waals surface area contributed by atoms with Gasteiger partial charge < -0.3 is 0 Å². The molecule has 0 atom stereocenters. The van der Waals surface area contributed by atoms with E-state index in [-0.39, 0.29) is 6.04 Å². The van der Waals surface area contributed by atoms with Gasteiger partial charge >= 0.3 is 0 Å². The highest BCUT2D eigenvalue weighted by molar-refractivity contribution is 5.69. The van der Waals surface area contributed by atoms with E-state index >= 15 is 0 Å². The fourth-order valence-corrected chi connectivity index (χ4v) is 0.882. The molecule has 0 aromatic rings. The Kier molecular flexibility index (Phi) is 1.82. The number of nitrogens with zero attached hydrogens (tertiary/aromatic N) is 1. The molecule has 0 heterocycles. The summed E-state index contributed by atoms with van der Waals surface area (Å²) in [5.41, 5.74) is 0. The Bertz CT molecular complexity index is 112. The van der Waals surface area contributed by atoms with Crippen LogP contribution in [-0.2, 0) is 9.59 Å². The second kappa shape index (κ2) is 2.62. The first-order chi connectivity index (χ1) is 4.38. The molecule has 0 unspecified atom stereocenters. The van der Waals surface area contributed by atoms with Crippen molar-refractivity contribution in [1.29, 1.82) is 0 Å². The van der Waals surface area contributed by atoms with E-state index in [4.69, 9.17) is 0 Å². The molecule has 9 heavy (non-hydrogen) atoms. The summed E-state index contributed by atoms with van der Waals surface area (Å²) in [4.78, 5) is 21.3. The van der Waals surface area contributed by atoms with E-state index in [2.05, 4.69) is 0 Å². The first kappa shape index (κ1) is 6.26. The lowest BCUT2D eigenvalue weighted by atomic mass is 9.92. The van der Waals surface area contributed by atoms with Crippen molar-refractivity contribution in [3.63, 3.8) is 0 Å². The lowest BCUT2D eigenvalue weighted by Gasteiger charge is -2.30. The summed E-state index contributed by atoms with van der Waals surface area (Å²) in [6.07, 6.45) is 4.30. The zero-order valence-electron chi connectivity index (χ0n) is 5.12. The van der Waals surface area contributed by atoms with Crippen LogP contribution in [0.1, 0.15) is 19.3 Å². The van der Waals surface area contributed by atoms with E-state index in [0.29, 0.717) is 12.8 Å². The van der Waals surface area contributed by atoms with Gasteiger partial charge in [-0.25, -0.2) is 0 Å². The highest BCUT2D eigenvalue weighted by Crippen LogP contribution is 2.22. The molecule has 0 radical (unpaired) electrons. The molecule has 0 saturated heterocycles. The zero-order valence-corrected chi connectivity index (χ0v) is 5.12. The van der Waals surface area contributed by atoms with Gasteiger partial charge in [0, 0.05) is 6.04 Å². The maximum absolute atomic E-state index is 10.1. The summed E-state index contributed by atoms with van der Waals surface area (Å²) in [6, 6.07) is 0.208. The van der Waals surface area contributed by atoms with Crippen molar-refractivity contribution in [2.75, 3.05) is 0 Å². The number of amides is 2. The minimum Gasteiger partial charge on any atom is -0.285 e. The third kappa shape index (κ3) is 1.09. The number of rotatable bonds is 3. The number of hydrogen-bond donors (Lipinski definition) is 0. The normalized spacial score (nSPS) is 18.2. The van der Waals surface area contributed by atoms with Crippen molar-refractivity contribution in [2.24, 2.45) is 0 Å². The molecular weight excluding hydrogens is 118 g/mol. The summed E-state index contributed by atoms with van der Waals surface area (Å²) < 4.78 is 0. The van der Waals surface area contributed by atoms with Gasteiger partial charge in [-0.05, 0) is 19.3 Å². The topological polar surface area (TPSA) is 37.4 Å². The Labute approximate surface area is 53.6 Å². The molecule has 1 aliphatic carbocycles. The smallest absolute Gasteiger partial charge is 0.216 e. The highest BCUT2D eigenvalue weighted by atomic mass is 16.2. The summed E-state index contributed by atoms with van der Waals surface area (Å²) >= 11 is 0. The van der Waals surface area contributed by atoms with Crippen LogP contribution in [0.5, 0.6) is 0 Å². The number of carbonyl (C=O) groups is 2. The fraction of sp³-hybridized carbons (Fsp3) is 0.667. The van der Waals surface area contributed by atoms with Crippen LogP contribution in [0.4, 0.5) is 0 Å². The van der Waals surface area contributed by atoms with Crippen molar-refractivity contribution >= 4 is 12.8 Å². The van der Waals surface area contributed by atoms with Gasteiger partial charge in [-0.2, -0.15) is 0 Å². The summed E-state index contributed by atoms with van der Waals surface area (Å²) in [6.45, 7) is 0. The molecule has 0 aliphatic heterocycles. The van der Waals surface area contributed by atoms with Crippen LogP contribution < -0.4 is 0 Å². The van der Waals surface area contributed by atoms with Gasteiger partial charge in [-0.15, -0.1) is 0 Å². The van der Waals surface area contributed by atoms with Gasteiger partial charge in [0.1, 0.15) is 0 Å². The predicted octanol–water partition coefficient (Wildman–Crippen LogP) is 0.154. The first-order valence-corrected chi connectivity index (χ1v) is 3.06. The summed E-state index contributed by atoms with van der Waals surface area (Å²) in [5, 5.41) is 0. The quantitative estimate of drug-likeness (QED) is 0.506. The van der Waals surface area contributed by atoms with Gasteiger partial charge in [0.15, 0.2) is 0 Å². The van der Waals surface area contributed by atoms with Crippen LogP contribution >= 0.6 is 0 Å². The third-order valence-corrected chi connectivity index (χ3v) is 1.74. The van der Waals surface area contributed by atoms with E-state index in [9.17, 15) is 9.59 Å². The molecule has 0 spiro atoms. The van der Waals surface area contributed by atoms with Crippen molar-refractivity contribution in [2.45, 2.75) is 25.3 Å². The average Bonchev–Trinajstić information content (AvgIpc) is 1.78. The minimum atomic E-state index is 0.208. The standard InChI is InChI=1S/C6H9NO2/c8-4-7(5-9)6-2-1-3-6/h4-6H,1-3H2. The van der Waals surface area contributed by atoms with E-state index in [0.717, 1.165) is 19.3 Å². The second-order valence-electron chi connectivity index (χ2n) is 2.24. The molecule has 3 nitrogen and oxygen atoms in total. The molecule has 1 fully saturated rings. The van der Waals surface area contributed by atoms with Crippen molar-refractivity contribution in [1.82, 2.24) is 4.90 Å². The molecule has 50 valence electrons. The Morgan fingerprint density at radius 3 is 1.89 bits per heavy atom. The SMILES string of the molecule is O=CN(C=O)C1CCC1. The van der Waals surface area contributed by atoms with Crippen molar-refractivity contribution in [3.8, 4) is 0 Å². The predicted molar refractivity (Wildman–Crippen MR) is 31.6 cm³/mol. The Morgan fingerprint density at radius 2 is 1.78 bits per heavy atom. The monoisotopic (exact) mass is 127 g/mol. The molecule has 0 N–H and O–H groups in total. The molecule has 0 aromatic heterocycles. The molecule has 2 amide bonds. The zero-order chi connectivity index (χ0) is 6.69. The molecule has 3 heteroatoms. The van der Waals surface area contributed by atoms with Crippen LogP contribution in [0.25, 0.3) is 0 Å². The fourth-order valence-electron chi connectivity index (χ4n) is 0.882. The van der Waals surface area contributed by atoms with Crippen LogP contribution in [0.15, 0.2) is 0 Å². The highest BCUT2D eigenvalue weighted by Gasteiger charge is 2.22. The minimum absolute atomic E-state index is 0.208. The largest absolute Gasteiger partial charge is 0.285 e. The van der Waals surface area contributed by atoms with Gasteiger partial charge in [-0.1, -0.05) is 0 Å². The van der Waals surface area contributed by atoms with Crippen LogP contribution in [-0.4, -0.2) is 23.8 Å². The lowest BCUT2D eigenvalue weighted by molar-refractivity contribution is -0.133. The molecule has 0 aromatic carbocycles. The molecular formula is C6H9NO2. The lowest BCUT2D eigenvalue weighted by Crippen LogP contribution is -2.37. The van der Waals surface area contributed by atoms with Crippen molar-refractivity contribution in [3.05, 3.63) is 0 Å². The molecule has 1 saturated carbocycles. The summed E-state index contributed by atoms with van der Waals surface area (Å²) in [5.74, 6) is 0. The molecule has 1 rings (SSSR count). The van der Waals surface area contributed by atoms with E-state index < -0.39 is 0 Å². The molecule has 0 bridgehead atoms. The van der Waals surface area contributed by atoms with E-state index in [1.807, 2.05) is 0 Å². The van der Waals surface area contributed by atoms with Gasteiger partial charge in [-0.3, -0.25) is 14.5 Å². The summed E-state index contributed by atoms with van der Waals surface area (Å²) in [7, 11) is 0. The number of hydrogen-bond acceptors (Lipinski definition) is 2. The van der Waals surface area contributed by atoms with Gasteiger partial charge in [0.25, 0.3) is 0 Å². The Balaban J connectivity index is 2.35. The number of imide groups is 1. The maximum atomic E-state index is 10.1. The average molecular weight is 127 g/mol. The third-order valence-electron chi connectivity index (χ3n) is 1.74. The Morgan fingerprint density at radius 1 is 1.22 bits per heavy atom. The van der Waals surface area contributed by atoms with Gasteiger partial charge in [0.2, 0.25) is 12.8 Å². The van der Waals surface area contributed by atoms with Crippen LogP contribution in [0.3, 0.4) is 0 Å². The van der Waals surface area contributed by atoms with Crippen LogP contribution in [0, 0.1) is 0 Å². The molecule has 1 aliphatic rings. The Hall–Kier alpha value is -0.860. The number of carbonyl (C=O) groups excluding carboxylic acids is 2. The van der Waals surface area contributed by atoms with Gasteiger partial charge in [0.05, 0.1) is 0 Å². The first-order valence-electron chi connectivity index (χ1n) is 3.06. The van der Waals surface area contributed by atoms with E-state index in [1.54, 1.807) is 0 Å². The van der Waals surface area contributed by atoms with Crippen molar-refractivity contribution < 1.29 is 9.59 Å². The maximum Gasteiger partial charge on any atom is 0.216 e. The second-order valence-corrected chi connectivity index (χ2v) is 2.24. The van der Waals surface area contributed by atoms with Crippen LogP contribution in [0.2, 0.25) is 0 Å². The van der Waals surface area contributed by atoms with E-state index in [1.165, 1.54) is 4.90 Å².